The lowest BCUT2D eigenvalue weighted by Crippen LogP contribution is -2.38. The molecule has 0 aromatic heterocycles. The number of benzene rings is 3. The Labute approximate surface area is 196 Å². The summed E-state index contributed by atoms with van der Waals surface area (Å²) in [5, 5.41) is 3.29. The smallest absolute Gasteiger partial charge is 0.342 e. The zero-order valence-corrected chi connectivity index (χ0v) is 20.0. The minimum absolute atomic E-state index is 0.0646. The number of carbonyl (C=O) groups is 2. The molecule has 0 bridgehead atoms. The summed E-state index contributed by atoms with van der Waals surface area (Å²) in [5.74, 6) is -0.207. The van der Waals surface area contributed by atoms with Gasteiger partial charge in [0, 0.05) is 6.42 Å². The summed E-state index contributed by atoms with van der Waals surface area (Å²) >= 11 is 0. The van der Waals surface area contributed by atoms with E-state index < -0.39 is 12.9 Å². The van der Waals surface area contributed by atoms with Crippen LogP contribution in [-0.4, -0.2) is 23.7 Å². The highest BCUT2D eigenvalue weighted by Crippen LogP contribution is 2.47. The molecule has 3 aromatic carbocycles. The third-order valence-electron chi connectivity index (χ3n) is 6.45. The summed E-state index contributed by atoms with van der Waals surface area (Å²) in [6.45, 7) is -0.740. The molecule has 3 nitrogen and oxygen atoms in total. The van der Waals surface area contributed by atoms with E-state index >= 15 is 0 Å². The second-order valence-electron chi connectivity index (χ2n) is 8.52. The molecule has 1 fully saturated rings. The molecule has 1 saturated carbocycles. The van der Waals surface area contributed by atoms with Gasteiger partial charge in [-0.1, -0.05) is 117 Å². The molecule has 0 N–H and O–H groups in total. The van der Waals surface area contributed by atoms with Crippen molar-refractivity contribution in [2.24, 2.45) is 5.92 Å². The molecule has 0 amide bonds. The van der Waals surface area contributed by atoms with Gasteiger partial charge in [0.2, 0.25) is 0 Å². The molecule has 0 unspecified atom stereocenters. The second-order valence-corrected chi connectivity index (χ2v) is 11.9. The number of hydrogen-bond donors (Lipinski definition) is 0. The largest absolute Gasteiger partial charge is 0.462 e. The van der Waals surface area contributed by atoms with Gasteiger partial charge >= 0.3 is 5.97 Å². The molecule has 3 aromatic rings. The zero-order chi connectivity index (χ0) is 23.1. The summed E-state index contributed by atoms with van der Waals surface area (Å²) in [6.07, 6.45) is 4.82. The summed E-state index contributed by atoms with van der Waals surface area (Å²) in [4.78, 5) is 27.7. The van der Waals surface area contributed by atoms with Gasteiger partial charge in [0.15, 0.2) is 5.78 Å². The molecule has 170 valence electrons. The number of ketones is 1. The molecule has 0 saturated heterocycles. The van der Waals surface area contributed by atoms with Crippen LogP contribution >= 0.6 is 6.89 Å². The van der Waals surface area contributed by atoms with E-state index in [0.29, 0.717) is 17.6 Å². The van der Waals surface area contributed by atoms with E-state index in [1.54, 1.807) is 6.92 Å². The fraction of sp³-hybridized carbons (Fsp3) is 0.276. The summed E-state index contributed by atoms with van der Waals surface area (Å²) in [5.41, 5.74) is 0. The van der Waals surface area contributed by atoms with Crippen LogP contribution in [0.15, 0.2) is 91.0 Å². The van der Waals surface area contributed by atoms with Crippen molar-refractivity contribution in [3.8, 4) is 0 Å². The van der Waals surface area contributed by atoms with E-state index in [0.717, 1.165) is 41.6 Å². The van der Waals surface area contributed by atoms with E-state index in [-0.39, 0.29) is 12.4 Å². The van der Waals surface area contributed by atoms with Crippen molar-refractivity contribution in [3.05, 3.63) is 91.0 Å². The summed E-state index contributed by atoms with van der Waals surface area (Å²) in [7, 11) is 0. The number of Topliss-reactive ketones (excluding diaryl/α,β-unsaturated/α-hetero) is 1. The Bertz CT molecular complexity index is 1030. The third kappa shape index (κ3) is 4.75. The van der Waals surface area contributed by atoms with Crippen LogP contribution in [0.1, 0.15) is 39.0 Å². The number of ether oxygens (including phenoxy) is 1. The van der Waals surface area contributed by atoms with Crippen LogP contribution in [-0.2, 0) is 14.3 Å². The van der Waals surface area contributed by atoms with Gasteiger partial charge in [-0.2, -0.15) is 0 Å². The number of hydrogen-bond acceptors (Lipinski definition) is 3. The predicted octanol–water partition coefficient (Wildman–Crippen LogP) is 4.87. The monoisotopic (exact) mass is 458 g/mol. The van der Waals surface area contributed by atoms with E-state index in [9.17, 15) is 9.59 Å². The lowest BCUT2D eigenvalue weighted by atomic mass is 9.99. The van der Waals surface area contributed by atoms with Gasteiger partial charge in [-0.15, -0.1) is 0 Å². The first-order valence-corrected chi connectivity index (χ1v) is 13.6. The summed E-state index contributed by atoms with van der Waals surface area (Å²) in [6, 6.07) is 30.1. The second kappa shape index (κ2) is 10.8. The van der Waals surface area contributed by atoms with Gasteiger partial charge in [0.1, 0.15) is 5.29 Å². The minimum atomic E-state index is -2.77. The Morgan fingerprint density at radius 1 is 0.758 bits per heavy atom. The first-order chi connectivity index (χ1) is 16.2. The molecule has 0 atom stereocenters. The van der Waals surface area contributed by atoms with Gasteiger partial charge in [-0.05, 0) is 35.6 Å². The van der Waals surface area contributed by atoms with Gasteiger partial charge < -0.3 is 4.74 Å². The van der Waals surface area contributed by atoms with Crippen LogP contribution in [0.2, 0.25) is 0 Å². The van der Waals surface area contributed by atoms with Crippen molar-refractivity contribution >= 4 is 39.8 Å². The number of esters is 1. The maximum absolute atomic E-state index is 14.1. The Kier molecular flexibility index (Phi) is 7.62. The molecule has 1 aliphatic carbocycles. The molecule has 0 aliphatic heterocycles. The van der Waals surface area contributed by atoms with Crippen LogP contribution in [0, 0.1) is 5.92 Å². The van der Waals surface area contributed by atoms with Crippen LogP contribution < -0.4 is 15.9 Å². The van der Waals surface area contributed by atoms with Crippen molar-refractivity contribution in [2.45, 2.75) is 39.0 Å². The molecule has 4 rings (SSSR count). The van der Waals surface area contributed by atoms with E-state index in [1.807, 2.05) is 54.6 Å². The quantitative estimate of drug-likeness (QED) is 0.275. The lowest BCUT2D eigenvalue weighted by Gasteiger charge is -2.31. The molecule has 0 heterocycles. The standard InChI is InChI=1S/C29H31O3P/c1-2-32-29(31)28(27(30)22-23-14-12-13-15-23)33(24-16-6-3-7-17-24,25-18-8-4-9-19-25)26-20-10-5-11-21-26/h3-11,16-21,23H,2,12-15,22H2,1H3. The summed E-state index contributed by atoms with van der Waals surface area (Å²) < 4.78 is 5.59. The fourth-order valence-electron chi connectivity index (χ4n) is 5.00. The average molecular weight is 459 g/mol. The van der Waals surface area contributed by atoms with Gasteiger partial charge in [0.25, 0.3) is 0 Å². The maximum Gasteiger partial charge on any atom is 0.342 e. The van der Waals surface area contributed by atoms with Crippen molar-refractivity contribution in [1.82, 2.24) is 0 Å². The molecular formula is C29H31O3P. The fourth-order valence-corrected chi connectivity index (χ4v) is 9.33. The molecule has 0 spiro atoms. The molecule has 0 radical (unpaired) electrons. The van der Waals surface area contributed by atoms with Crippen LogP contribution in [0.25, 0.3) is 0 Å². The number of rotatable bonds is 8. The Balaban J connectivity index is 2.12. The highest BCUT2D eigenvalue weighted by molar-refractivity contribution is 7.97. The van der Waals surface area contributed by atoms with Crippen LogP contribution in [0.5, 0.6) is 0 Å². The Morgan fingerprint density at radius 3 is 1.58 bits per heavy atom. The topological polar surface area (TPSA) is 43.4 Å². The average Bonchev–Trinajstić information content (AvgIpc) is 3.37. The van der Waals surface area contributed by atoms with E-state index in [1.165, 1.54) is 0 Å². The van der Waals surface area contributed by atoms with Gasteiger partial charge in [-0.3, -0.25) is 4.79 Å². The normalized spacial score (nSPS) is 14.1. The van der Waals surface area contributed by atoms with Gasteiger partial charge in [0.05, 0.1) is 6.61 Å². The first kappa shape index (κ1) is 23.3. The Hall–Kier alpha value is -2.90. The van der Waals surface area contributed by atoms with Crippen molar-refractivity contribution < 1.29 is 14.3 Å². The molecule has 1 aliphatic rings. The molecule has 4 heteroatoms. The molecular weight excluding hydrogens is 427 g/mol. The van der Waals surface area contributed by atoms with Crippen molar-refractivity contribution in [2.75, 3.05) is 6.61 Å². The van der Waals surface area contributed by atoms with Crippen molar-refractivity contribution in [1.29, 1.82) is 0 Å². The third-order valence-corrected chi connectivity index (χ3v) is 10.8. The Morgan fingerprint density at radius 2 is 1.18 bits per heavy atom. The number of carbonyl (C=O) groups excluding carboxylic acids is 2. The molecule has 33 heavy (non-hydrogen) atoms. The van der Waals surface area contributed by atoms with Gasteiger partial charge in [-0.25, -0.2) is 4.79 Å². The van der Waals surface area contributed by atoms with Crippen LogP contribution in [0.3, 0.4) is 0 Å². The minimum Gasteiger partial charge on any atom is -0.462 e. The highest BCUT2D eigenvalue weighted by Gasteiger charge is 2.38. The highest BCUT2D eigenvalue weighted by atomic mass is 31.2. The lowest BCUT2D eigenvalue weighted by molar-refractivity contribution is -0.135. The predicted molar refractivity (Wildman–Crippen MR) is 138 cm³/mol. The van der Waals surface area contributed by atoms with E-state index in [4.69, 9.17) is 4.74 Å². The van der Waals surface area contributed by atoms with Crippen LogP contribution in [0.4, 0.5) is 0 Å². The zero-order valence-electron chi connectivity index (χ0n) is 19.2. The van der Waals surface area contributed by atoms with Crippen molar-refractivity contribution in [3.63, 3.8) is 0 Å². The van der Waals surface area contributed by atoms with E-state index in [2.05, 4.69) is 36.4 Å². The maximum atomic E-state index is 14.1. The first-order valence-electron chi connectivity index (χ1n) is 11.8. The SMILES string of the molecule is CCOC(=O)C(C(=O)CC1CCCC1)=P(c1ccccc1)(c1ccccc1)c1ccccc1.